The maximum atomic E-state index is 12.4. The van der Waals surface area contributed by atoms with E-state index in [0.717, 1.165) is 17.2 Å². The Bertz CT molecular complexity index is 840. The van der Waals surface area contributed by atoms with Gasteiger partial charge in [-0.15, -0.1) is 0 Å². The normalized spacial score (nSPS) is 16.2. The molecule has 1 aromatic carbocycles. The van der Waals surface area contributed by atoms with Crippen LogP contribution in [-0.4, -0.2) is 55.5 Å². The smallest absolute Gasteiger partial charge is 0.227 e. The number of aryl methyl sites for hydroxylation is 1. The van der Waals surface area contributed by atoms with Crippen LogP contribution in [-0.2, 0) is 9.59 Å². The first kappa shape index (κ1) is 19.6. The maximum Gasteiger partial charge on any atom is 0.227 e. The Kier molecular flexibility index (Phi) is 6.08. The van der Waals surface area contributed by atoms with Gasteiger partial charge in [-0.05, 0) is 19.1 Å². The Morgan fingerprint density at radius 1 is 1.21 bits per heavy atom. The minimum Gasteiger partial charge on any atom is -0.363 e. The standard InChI is InChI=1S/C20H26N6O2/c1-14-11-17(25(2)3)24-20(23-14)22-10-9-21-19(28)15-12-18(27)26(13-15)16-7-5-4-6-8-16/h4-8,11,15H,9-10,12-13H2,1-3H3,(H,21,28)(H,22,23,24). The number of benzene rings is 1. The van der Waals surface area contributed by atoms with E-state index >= 15 is 0 Å². The van der Waals surface area contributed by atoms with Crippen molar-refractivity contribution in [1.29, 1.82) is 0 Å². The molecule has 0 aliphatic carbocycles. The first-order valence-corrected chi connectivity index (χ1v) is 9.34. The van der Waals surface area contributed by atoms with E-state index in [1.807, 2.05) is 62.3 Å². The van der Waals surface area contributed by atoms with Gasteiger partial charge in [0.25, 0.3) is 0 Å². The highest BCUT2D eigenvalue weighted by molar-refractivity contribution is 6.00. The van der Waals surface area contributed by atoms with E-state index in [1.54, 1.807) is 4.90 Å². The molecule has 8 heteroatoms. The summed E-state index contributed by atoms with van der Waals surface area (Å²) in [5.41, 5.74) is 1.70. The Labute approximate surface area is 165 Å². The van der Waals surface area contributed by atoms with E-state index in [1.165, 1.54) is 0 Å². The molecule has 1 fully saturated rings. The first-order chi connectivity index (χ1) is 13.4. The molecule has 2 N–H and O–H groups in total. The predicted molar refractivity (Wildman–Crippen MR) is 109 cm³/mol. The first-order valence-electron chi connectivity index (χ1n) is 9.34. The van der Waals surface area contributed by atoms with Gasteiger partial charge in [0, 0.05) is 57.6 Å². The number of carbonyl (C=O) groups excluding carboxylic acids is 2. The highest BCUT2D eigenvalue weighted by Gasteiger charge is 2.34. The lowest BCUT2D eigenvalue weighted by molar-refractivity contribution is -0.126. The summed E-state index contributed by atoms with van der Waals surface area (Å²) in [6.07, 6.45) is 0.237. The minimum atomic E-state index is -0.330. The van der Waals surface area contributed by atoms with Crippen molar-refractivity contribution < 1.29 is 9.59 Å². The van der Waals surface area contributed by atoms with Crippen molar-refractivity contribution in [3.8, 4) is 0 Å². The van der Waals surface area contributed by atoms with E-state index in [9.17, 15) is 9.59 Å². The summed E-state index contributed by atoms with van der Waals surface area (Å²) >= 11 is 0. The average Bonchev–Trinajstić information content (AvgIpc) is 3.07. The largest absolute Gasteiger partial charge is 0.363 e. The molecule has 3 rings (SSSR count). The van der Waals surface area contributed by atoms with Crippen molar-refractivity contribution in [2.24, 2.45) is 5.92 Å². The molecule has 0 radical (unpaired) electrons. The van der Waals surface area contributed by atoms with Crippen LogP contribution >= 0.6 is 0 Å². The zero-order chi connectivity index (χ0) is 20.1. The Balaban J connectivity index is 1.47. The number of aromatic nitrogens is 2. The lowest BCUT2D eigenvalue weighted by Crippen LogP contribution is -2.35. The highest BCUT2D eigenvalue weighted by atomic mass is 16.2. The lowest BCUT2D eigenvalue weighted by atomic mass is 10.1. The van der Waals surface area contributed by atoms with Gasteiger partial charge in [0.2, 0.25) is 17.8 Å². The van der Waals surface area contributed by atoms with Crippen molar-refractivity contribution in [2.75, 3.05) is 48.8 Å². The van der Waals surface area contributed by atoms with Crippen LogP contribution in [0.2, 0.25) is 0 Å². The molecule has 1 aliphatic rings. The van der Waals surface area contributed by atoms with Gasteiger partial charge in [-0.1, -0.05) is 18.2 Å². The molecule has 1 atom stereocenters. The van der Waals surface area contributed by atoms with E-state index in [-0.39, 0.29) is 24.2 Å². The molecule has 2 heterocycles. The van der Waals surface area contributed by atoms with Gasteiger partial charge >= 0.3 is 0 Å². The molecule has 2 amide bonds. The van der Waals surface area contributed by atoms with Gasteiger partial charge < -0.3 is 20.4 Å². The van der Waals surface area contributed by atoms with Crippen molar-refractivity contribution in [1.82, 2.24) is 15.3 Å². The van der Waals surface area contributed by atoms with Gasteiger partial charge in [-0.2, -0.15) is 4.98 Å². The van der Waals surface area contributed by atoms with Crippen LogP contribution in [0.4, 0.5) is 17.5 Å². The molecule has 1 saturated heterocycles. The summed E-state index contributed by atoms with van der Waals surface area (Å²) in [6.45, 7) is 3.26. The van der Waals surface area contributed by atoms with Gasteiger partial charge in [0.05, 0.1) is 5.92 Å². The summed E-state index contributed by atoms with van der Waals surface area (Å²) in [5, 5.41) is 6.02. The van der Waals surface area contributed by atoms with Crippen LogP contribution in [0.3, 0.4) is 0 Å². The molecule has 148 valence electrons. The lowest BCUT2D eigenvalue weighted by Gasteiger charge is -2.16. The van der Waals surface area contributed by atoms with Gasteiger partial charge in [0.15, 0.2) is 0 Å². The zero-order valence-electron chi connectivity index (χ0n) is 16.5. The monoisotopic (exact) mass is 382 g/mol. The molecule has 0 saturated carbocycles. The third-order valence-electron chi connectivity index (χ3n) is 4.57. The molecular formula is C20H26N6O2. The fourth-order valence-corrected chi connectivity index (χ4v) is 3.11. The van der Waals surface area contributed by atoms with Crippen LogP contribution in [0.5, 0.6) is 0 Å². The number of para-hydroxylation sites is 1. The fraction of sp³-hybridized carbons (Fsp3) is 0.400. The Hall–Kier alpha value is -3.16. The molecule has 1 aromatic heterocycles. The number of hydrogen-bond donors (Lipinski definition) is 2. The van der Waals surface area contributed by atoms with E-state index in [0.29, 0.717) is 25.6 Å². The second-order valence-corrected chi connectivity index (χ2v) is 7.04. The number of carbonyl (C=O) groups is 2. The van der Waals surface area contributed by atoms with Gasteiger partial charge in [-0.3, -0.25) is 9.59 Å². The van der Waals surface area contributed by atoms with Crippen LogP contribution < -0.4 is 20.4 Å². The fourth-order valence-electron chi connectivity index (χ4n) is 3.11. The number of rotatable bonds is 7. The number of hydrogen-bond acceptors (Lipinski definition) is 6. The molecule has 0 bridgehead atoms. The topological polar surface area (TPSA) is 90.5 Å². The number of nitrogens with one attached hydrogen (secondary N) is 2. The third-order valence-corrected chi connectivity index (χ3v) is 4.57. The van der Waals surface area contributed by atoms with E-state index in [4.69, 9.17) is 0 Å². The molecule has 0 spiro atoms. The second kappa shape index (κ2) is 8.69. The Morgan fingerprint density at radius 3 is 2.68 bits per heavy atom. The molecule has 28 heavy (non-hydrogen) atoms. The molecular weight excluding hydrogens is 356 g/mol. The SMILES string of the molecule is Cc1cc(N(C)C)nc(NCCNC(=O)C2CC(=O)N(c3ccccc3)C2)n1. The molecule has 1 aliphatic heterocycles. The van der Waals surface area contributed by atoms with Crippen molar-refractivity contribution in [2.45, 2.75) is 13.3 Å². The zero-order valence-corrected chi connectivity index (χ0v) is 16.5. The van der Waals surface area contributed by atoms with Crippen molar-refractivity contribution >= 4 is 29.3 Å². The van der Waals surface area contributed by atoms with E-state index < -0.39 is 0 Å². The minimum absolute atomic E-state index is 0.0196. The summed E-state index contributed by atoms with van der Waals surface area (Å²) in [6, 6.07) is 11.3. The third kappa shape index (κ3) is 4.76. The number of nitrogens with zero attached hydrogens (tertiary/aromatic N) is 4. The van der Waals surface area contributed by atoms with Crippen LogP contribution in [0.25, 0.3) is 0 Å². The number of anilines is 3. The molecule has 2 aromatic rings. The summed E-state index contributed by atoms with van der Waals surface area (Å²) < 4.78 is 0. The number of amides is 2. The quantitative estimate of drug-likeness (QED) is 0.704. The second-order valence-electron chi connectivity index (χ2n) is 7.04. The Morgan fingerprint density at radius 2 is 1.96 bits per heavy atom. The van der Waals surface area contributed by atoms with Crippen LogP contribution in [0.1, 0.15) is 12.1 Å². The van der Waals surface area contributed by atoms with Crippen LogP contribution in [0, 0.1) is 12.8 Å². The summed E-state index contributed by atoms with van der Waals surface area (Å²) in [5.74, 6) is 0.901. The average molecular weight is 382 g/mol. The highest BCUT2D eigenvalue weighted by Crippen LogP contribution is 2.24. The summed E-state index contributed by atoms with van der Waals surface area (Å²) in [7, 11) is 3.85. The molecule has 8 nitrogen and oxygen atoms in total. The predicted octanol–water partition coefficient (Wildman–Crippen LogP) is 1.43. The van der Waals surface area contributed by atoms with Crippen molar-refractivity contribution in [3.05, 3.63) is 42.1 Å². The van der Waals surface area contributed by atoms with Gasteiger partial charge in [-0.25, -0.2) is 4.98 Å². The maximum absolute atomic E-state index is 12.4. The van der Waals surface area contributed by atoms with Crippen molar-refractivity contribution in [3.63, 3.8) is 0 Å². The summed E-state index contributed by atoms with van der Waals surface area (Å²) in [4.78, 5) is 37.0. The molecule has 1 unspecified atom stereocenters. The van der Waals surface area contributed by atoms with Gasteiger partial charge in [0.1, 0.15) is 5.82 Å². The van der Waals surface area contributed by atoms with E-state index in [2.05, 4.69) is 20.6 Å². The van der Waals surface area contributed by atoms with Crippen LogP contribution in [0.15, 0.2) is 36.4 Å².